The van der Waals surface area contributed by atoms with Gasteiger partial charge in [0.05, 0.1) is 0 Å². The van der Waals surface area contributed by atoms with Crippen molar-refractivity contribution in [1.82, 2.24) is 25.3 Å². The molecule has 1 aliphatic rings. The molecule has 1 aromatic heterocycles. The van der Waals surface area contributed by atoms with Gasteiger partial charge in [0, 0.05) is 62.6 Å². The maximum absolute atomic E-state index is 12.9. The van der Waals surface area contributed by atoms with Crippen molar-refractivity contribution < 1.29 is 9.59 Å². The van der Waals surface area contributed by atoms with E-state index in [1.54, 1.807) is 14.1 Å². The van der Waals surface area contributed by atoms with Gasteiger partial charge in [-0.05, 0) is 38.5 Å². The van der Waals surface area contributed by atoms with E-state index in [1.807, 2.05) is 28.9 Å². The number of nitrogens with one attached hydrogen (secondary N) is 3. The Bertz CT molecular complexity index is 885. The summed E-state index contributed by atoms with van der Waals surface area (Å²) in [4.78, 5) is 26.1. The number of carbonyl (C=O) groups is 2. The number of hydrogen-bond acceptors (Lipinski definition) is 4. The first-order valence-corrected chi connectivity index (χ1v) is 9.98. The van der Waals surface area contributed by atoms with Gasteiger partial charge in [0.2, 0.25) is 0 Å². The lowest BCUT2D eigenvalue weighted by molar-refractivity contribution is 0.0943. The smallest absolute Gasteiger partial charge is 0.321 e. The number of anilines is 1. The molecule has 0 saturated heterocycles. The average molecular weight is 399 g/mol. The zero-order chi connectivity index (χ0) is 21.1. The number of nitrogens with zero attached hydrogens (tertiary/aromatic N) is 3. The lowest BCUT2D eigenvalue weighted by Crippen LogP contribution is -2.31. The number of amides is 3. The van der Waals surface area contributed by atoms with Crippen molar-refractivity contribution in [2.24, 2.45) is 0 Å². The second kappa shape index (κ2) is 8.65. The molecule has 2 heterocycles. The van der Waals surface area contributed by atoms with Crippen molar-refractivity contribution in [1.29, 1.82) is 0 Å². The molecule has 8 heteroatoms. The van der Waals surface area contributed by atoms with E-state index in [9.17, 15) is 9.59 Å². The summed E-state index contributed by atoms with van der Waals surface area (Å²) in [5.74, 6) is -0.166. The quantitative estimate of drug-likeness (QED) is 0.722. The van der Waals surface area contributed by atoms with Crippen LogP contribution in [0.2, 0.25) is 0 Å². The van der Waals surface area contributed by atoms with E-state index in [2.05, 4.69) is 41.8 Å². The van der Waals surface area contributed by atoms with Crippen LogP contribution in [-0.2, 0) is 13.0 Å². The van der Waals surface area contributed by atoms with Crippen LogP contribution in [0, 0.1) is 0 Å². The fourth-order valence-electron chi connectivity index (χ4n) is 3.50. The monoisotopic (exact) mass is 398 g/mol. The highest BCUT2D eigenvalue weighted by Crippen LogP contribution is 2.28. The van der Waals surface area contributed by atoms with Gasteiger partial charge >= 0.3 is 6.03 Å². The molecule has 0 bridgehead atoms. The van der Waals surface area contributed by atoms with Crippen LogP contribution in [-0.4, -0.2) is 47.3 Å². The minimum atomic E-state index is -0.181. The van der Waals surface area contributed by atoms with Gasteiger partial charge in [0.1, 0.15) is 0 Å². The van der Waals surface area contributed by atoms with Gasteiger partial charge < -0.3 is 20.9 Å². The van der Waals surface area contributed by atoms with Crippen molar-refractivity contribution in [3.05, 3.63) is 46.8 Å². The molecule has 0 aliphatic carbocycles. The Hall–Kier alpha value is -2.87. The molecule has 2 aromatic rings. The van der Waals surface area contributed by atoms with Gasteiger partial charge in [0.25, 0.3) is 5.91 Å². The molecule has 0 spiro atoms. The molecule has 1 atom stereocenters. The molecule has 8 nitrogen and oxygen atoms in total. The van der Waals surface area contributed by atoms with Crippen LogP contribution in [0.3, 0.4) is 0 Å². The molecule has 3 N–H and O–H groups in total. The number of hydrogen-bond donors (Lipinski definition) is 3. The summed E-state index contributed by atoms with van der Waals surface area (Å²) in [6.45, 7) is 7.52. The molecule has 0 fully saturated rings. The molecule has 1 aromatic carbocycles. The van der Waals surface area contributed by atoms with Crippen molar-refractivity contribution in [3.8, 4) is 0 Å². The third-order valence-electron chi connectivity index (χ3n) is 5.06. The summed E-state index contributed by atoms with van der Waals surface area (Å²) in [5.41, 5.74) is 4.32. The lowest BCUT2D eigenvalue weighted by atomic mass is 9.99. The second-order valence-electron chi connectivity index (χ2n) is 7.88. The lowest BCUT2D eigenvalue weighted by Gasteiger charge is -2.23. The van der Waals surface area contributed by atoms with Gasteiger partial charge in [-0.2, -0.15) is 5.10 Å². The van der Waals surface area contributed by atoms with E-state index in [4.69, 9.17) is 0 Å². The highest BCUT2D eigenvalue weighted by atomic mass is 16.2. The van der Waals surface area contributed by atoms with Gasteiger partial charge in [-0.15, -0.1) is 0 Å². The van der Waals surface area contributed by atoms with E-state index >= 15 is 0 Å². The molecular weight excluding hydrogens is 368 g/mol. The van der Waals surface area contributed by atoms with Crippen molar-refractivity contribution in [2.75, 3.05) is 26.0 Å². The van der Waals surface area contributed by atoms with Crippen molar-refractivity contribution in [3.63, 3.8) is 0 Å². The van der Waals surface area contributed by atoms with E-state index in [0.29, 0.717) is 17.9 Å². The molecule has 0 radical (unpaired) electrons. The Kier molecular flexibility index (Phi) is 6.22. The summed E-state index contributed by atoms with van der Waals surface area (Å²) >= 11 is 0. The van der Waals surface area contributed by atoms with Crippen LogP contribution in [0.25, 0.3) is 0 Å². The van der Waals surface area contributed by atoms with E-state index in [-0.39, 0.29) is 24.0 Å². The molecule has 29 heavy (non-hydrogen) atoms. The van der Waals surface area contributed by atoms with Crippen LogP contribution >= 0.6 is 0 Å². The molecule has 3 amide bonds. The Morgan fingerprint density at radius 2 is 1.97 bits per heavy atom. The minimum Gasteiger partial charge on any atom is -0.347 e. The number of aromatic nitrogens is 2. The first-order chi connectivity index (χ1) is 13.8. The minimum absolute atomic E-state index is 0.103. The van der Waals surface area contributed by atoms with Gasteiger partial charge in [-0.1, -0.05) is 12.1 Å². The molecule has 1 aliphatic heterocycles. The van der Waals surface area contributed by atoms with E-state index in [0.717, 1.165) is 29.8 Å². The SMILES string of the molecule is CC1NCCc2c1c(C(=O)NCc1ccc(NC(=O)N(C)C)cc1)nn2C(C)C. The van der Waals surface area contributed by atoms with Crippen LogP contribution in [0.4, 0.5) is 10.5 Å². The van der Waals surface area contributed by atoms with Crippen LogP contribution in [0.1, 0.15) is 60.2 Å². The summed E-state index contributed by atoms with van der Waals surface area (Å²) in [6, 6.07) is 7.55. The third-order valence-corrected chi connectivity index (χ3v) is 5.06. The maximum Gasteiger partial charge on any atom is 0.321 e. The predicted octanol–water partition coefficient (Wildman–Crippen LogP) is 2.69. The molecule has 156 valence electrons. The predicted molar refractivity (Wildman–Crippen MR) is 113 cm³/mol. The Balaban J connectivity index is 1.69. The summed E-state index contributed by atoms with van der Waals surface area (Å²) in [7, 11) is 3.38. The highest BCUT2D eigenvalue weighted by molar-refractivity contribution is 5.94. The fourth-order valence-corrected chi connectivity index (χ4v) is 3.50. The summed E-state index contributed by atoms with van der Waals surface area (Å²) in [6.07, 6.45) is 0.873. The average Bonchev–Trinajstić information content (AvgIpc) is 3.08. The van der Waals surface area contributed by atoms with Crippen LogP contribution in [0.5, 0.6) is 0 Å². The van der Waals surface area contributed by atoms with E-state index in [1.165, 1.54) is 4.90 Å². The largest absolute Gasteiger partial charge is 0.347 e. The van der Waals surface area contributed by atoms with Gasteiger partial charge in [0.15, 0.2) is 5.69 Å². The number of urea groups is 1. The number of benzene rings is 1. The van der Waals surface area contributed by atoms with E-state index < -0.39 is 0 Å². The molecule has 3 rings (SSSR count). The van der Waals surface area contributed by atoms with Crippen LogP contribution in [0.15, 0.2) is 24.3 Å². The second-order valence-corrected chi connectivity index (χ2v) is 7.88. The van der Waals surface area contributed by atoms with Crippen molar-refractivity contribution in [2.45, 2.75) is 45.8 Å². The standard InChI is InChI=1S/C21H30N6O2/c1-13(2)27-17-10-11-22-14(3)18(17)19(25-27)20(28)23-12-15-6-8-16(9-7-15)24-21(29)26(4)5/h6-9,13-14,22H,10-12H2,1-5H3,(H,23,28)(H,24,29). The molecule has 1 unspecified atom stereocenters. The van der Waals surface area contributed by atoms with Crippen LogP contribution < -0.4 is 16.0 Å². The number of carbonyl (C=O) groups excluding carboxylic acids is 2. The normalized spacial score (nSPS) is 15.7. The van der Waals surface area contributed by atoms with Gasteiger partial charge in [-0.3, -0.25) is 9.48 Å². The maximum atomic E-state index is 12.9. The summed E-state index contributed by atoms with van der Waals surface area (Å²) in [5, 5.41) is 13.8. The first-order valence-electron chi connectivity index (χ1n) is 9.98. The van der Waals surface area contributed by atoms with Crippen molar-refractivity contribution >= 4 is 17.6 Å². The Labute approximate surface area is 171 Å². The Morgan fingerprint density at radius 3 is 2.59 bits per heavy atom. The fraction of sp³-hybridized carbons (Fsp3) is 0.476. The molecular formula is C21H30N6O2. The third kappa shape index (κ3) is 4.59. The zero-order valence-corrected chi connectivity index (χ0v) is 17.7. The Morgan fingerprint density at radius 1 is 1.28 bits per heavy atom. The highest BCUT2D eigenvalue weighted by Gasteiger charge is 2.29. The first kappa shape index (κ1) is 20.9. The molecule has 0 saturated carbocycles. The summed E-state index contributed by atoms with van der Waals surface area (Å²) < 4.78 is 1.98. The zero-order valence-electron chi connectivity index (χ0n) is 17.7. The number of fused-ring (bicyclic) bond motifs is 1. The number of rotatable bonds is 5. The topological polar surface area (TPSA) is 91.3 Å². The van der Waals surface area contributed by atoms with Gasteiger partial charge in [-0.25, -0.2) is 4.79 Å².